The normalized spacial score (nSPS) is 10.9. The average molecular weight is 407 g/mol. The Morgan fingerprint density at radius 3 is 2.14 bits per heavy atom. The first-order valence-electron chi connectivity index (χ1n) is 10.5. The Morgan fingerprint density at radius 1 is 0.828 bits per heavy atom. The number of carboxylic acid groups (broad SMARTS) is 1. The fourth-order valence-electron chi connectivity index (χ4n) is 2.73. The van der Waals surface area contributed by atoms with Crippen molar-refractivity contribution < 1.29 is 29.3 Å². The van der Waals surface area contributed by atoms with Gasteiger partial charge in [-0.05, 0) is 55.9 Å². The smallest absolute Gasteiger partial charge is 0.330 e. The summed E-state index contributed by atoms with van der Waals surface area (Å²) in [4.78, 5) is 22.1. The molecule has 0 atom stereocenters. The molecule has 0 aromatic heterocycles. The number of rotatable bonds is 17. The van der Waals surface area contributed by atoms with E-state index in [9.17, 15) is 9.59 Å². The van der Waals surface area contributed by atoms with E-state index in [4.69, 9.17) is 19.7 Å². The number of unbranched alkanes of at least 4 members (excludes halogenated alkanes) is 7. The van der Waals surface area contributed by atoms with Crippen LogP contribution >= 0.6 is 0 Å². The Kier molecular flexibility index (Phi) is 14.1. The molecular weight excluding hydrogens is 372 g/mol. The van der Waals surface area contributed by atoms with Crippen LogP contribution in [-0.2, 0) is 14.3 Å². The van der Waals surface area contributed by atoms with Gasteiger partial charge in [0.05, 0.1) is 13.2 Å². The molecule has 0 amide bonds. The maximum atomic E-state index is 11.7. The van der Waals surface area contributed by atoms with Crippen LogP contribution in [0.4, 0.5) is 0 Å². The number of hydrogen-bond acceptors (Lipinski definition) is 5. The lowest BCUT2D eigenvalue weighted by Gasteiger charge is -2.06. The van der Waals surface area contributed by atoms with Gasteiger partial charge in [-0.1, -0.05) is 37.8 Å². The monoisotopic (exact) mass is 406 g/mol. The fraction of sp³-hybridized carbons (Fsp3) is 0.565. The van der Waals surface area contributed by atoms with Crippen molar-refractivity contribution in [1.82, 2.24) is 0 Å². The van der Waals surface area contributed by atoms with Crippen molar-refractivity contribution >= 4 is 18.0 Å². The summed E-state index contributed by atoms with van der Waals surface area (Å²) in [6.45, 7) is 1.25. The number of aliphatic hydroxyl groups excluding tert-OH is 1. The molecular formula is C23H34O6. The van der Waals surface area contributed by atoms with Gasteiger partial charge in [-0.3, -0.25) is 4.79 Å². The van der Waals surface area contributed by atoms with E-state index in [0.29, 0.717) is 13.2 Å². The number of hydrogen-bond donors (Lipinski definition) is 2. The summed E-state index contributed by atoms with van der Waals surface area (Å²) in [6, 6.07) is 7.51. The lowest BCUT2D eigenvalue weighted by atomic mass is 10.1. The van der Waals surface area contributed by atoms with Crippen LogP contribution in [0.5, 0.6) is 5.75 Å². The maximum absolute atomic E-state index is 11.7. The lowest BCUT2D eigenvalue weighted by Crippen LogP contribution is -2.02. The fourth-order valence-corrected chi connectivity index (χ4v) is 2.73. The highest BCUT2D eigenvalue weighted by molar-refractivity contribution is 5.87. The first-order chi connectivity index (χ1) is 14.1. The molecule has 0 aliphatic carbocycles. The van der Waals surface area contributed by atoms with Crippen LogP contribution in [0.2, 0.25) is 0 Å². The lowest BCUT2D eigenvalue weighted by molar-refractivity contribution is -0.138. The quantitative estimate of drug-likeness (QED) is 0.223. The van der Waals surface area contributed by atoms with E-state index in [1.165, 1.54) is 6.08 Å². The summed E-state index contributed by atoms with van der Waals surface area (Å²) in [5, 5.41) is 17.3. The summed E-state index contributed by atoms with van der Waals surface area (Å²) in [5.41, 5.74) is 0.899. The largest absolute Gasteiger partial charge is 0.494 e. The summed E-state index contributed by atoms with van der Waals surface area (Å²) in [5.74, 6) is -0.299. The van der Waals surface area contributed by atoms with Crippen molar-refractivity contribution in [3.05, 3.63) is 35.9 Å². The third kappa shape index (κ3) is 14.3. The second-order valence-corrected chi connectivity index (χ2v) is 6.97. The van der Waals surface area contributed by atoms with E-state index in [-0.39, 0.29) is 19.0 Å². The molecule has 0 saturated heterocycles. The first-order valence-corrected chi connectivity index (χ1v) is 10.5. The van der Waals surface area contributed by atoms with E-state index in [0.717, 1.165) is 69.1 Å². The van der Waals surface area contributed by atoms with Gasteiger partial charge in [0.25, 0.3) is 0 Å². The second-order valence-electron chi connectivity index (χ2n) is 6.97. The number of esters is 1. The minimum Gasteiger partial charge on any atom is -0.494 e. The van der Waals surface area contributed by atoms with Crippen molar-refractivity contribution in [2.24, 2.45) is 0 Å². The highest BCUT2D eigenvalue weighted by Gasteiger charge is 2.00. The molecule has 1 aromatic carbocycles. The van der Waals surface area contributed by atoms with Gasteiger partial charge >= 0.3 is 11.9 Å². The maximum Gasteiger partial charge on any atom is 0.330 e. The predicted molar refractivity (Wildman–Crippen MR) is 113 cm³/mol. The third-order valence-electron chi connectivity index (χ3n) is 4.39. The average Bonchev–Trinajstić information content (AvgIpc) is 2.71. The topological polar surface area (TPSA) is 93.1 Å². The molecule has 0 aliphatic rings. The minimum atomic E-state index is -0.737. The van der Waals surface area contributed by atoms with Crippen LogP contribution in [-0.4, -0.2) is 42.0 Å². The molecule has 0 unspecified atom stereocenters. The zero-order valence-corrected chi connectivity index (χ0v) is 17.2. The van der Waals surface area contributed by atoms with Gasteiger partial charge in [-0.2, -0.15) is 0 Å². The van der Waals surface area contributed by atoms with Gasteiger partial charge < -0.3 is 19.7 Å². The van der Waals surface area contributed by atoms with Gasteiger partial charge in [0.15, 0.2) is 0 Å². The highest BCUT2D eigenvalue weighted by atomic mass is 16.5. The van der Waals surface area contributed by atoms with Crippen molar-refractivity contribution in [2.75, 3.05) is 19.8 Å². The van der Waals surface area contributed by atoms with Crippen LogP contribution < -0.4 is 4.74 Å². The molecule has 1 rings (SSSR count). The number of carbonyl (C=O) groups is 2. The van der Waals surface area contributed by atoms with E-state index in [1.807, 2.05) is 24.3 Å². The Morgan fingerprint density at radius 2 is 1.45 bits per heavy atom. The first kappa shape index (κ1) is 24.7. The molecule has 0 radical (unpaired) electrons. The molecule has 0 saturated carbocycles. The van der Waals surface area contributed by atoms with Gasteiger partial charge in [-0.15, -0.1) is 0 Å². The van der Waals surface area contributed by atoms with E-state index in [2.05, 4.69) is 0 Å². The van der Waals surface area contributed by atoms with Crippen LogP contribution in [0.25, 0.3) is 6.08 Å². The summed E-state index contributed by atoms with van der Waals surface area (Å²) in [7, 11) is 0. The Bertz CT molecular complexity index is 594. The van der Waals surface area contributed by atoms with Crippen LogP contribution in [0, 0.1) is 0 Å². The van der Waals surface area contributed by atoms with E-state index in [1.54, 1.807) is 6.08 Å². The standard InChI is InChI=1S/C23H34O6/c24-17-7-5-9-18-28-21-14-11-20(12-15-21)13-16-23(27)29-19-8-4-2-1-3-6-10-22(25)26/h11-16,24H,1-10,17-19H2,(H,25,26)/b16-13+. The molecule has 0 fully saturated rings. The molecule has 2 N–H and O–H groups in total. The molecule has 0 aliphatic heterocycles. The Labute approximate surface area is 173 Å². The van der Waals surface area contributed by atoms with Gasteiger partial charge in [-0.25, -0.2) is 4.79 Å². The number of aliphatic carboxylic acids is 1. The highest BCUT2D eigenvalue weighted by Crippen LogP contribution is 2.14. The zero-order chi connectivity index (χ0) is 21.2. The molecule has 29 heavy (non-hydrogen) atoms. The van der Waals surface area contributed by atoms with Crippen LogP contribution in [0.15, 0.2) is 30.3 Å². The van der Waals surface area contributed by atoms with E-state index < -0.39 is 5.97 Å². The number of benzene rings is 1. The Balaban J connectivity index is 2.09. The van der Waals surface area contributed by atoms with Gasteiger partial charge in [0.1, 0.15) is 5.75 Å². The minimum absolute atomic E-state index is 0.222. The third-order valence-corrected chi connectivity index (χ3v) is 4.39. The van der Waals surface area contributed by atoms with Crippen LogP contribution in [0.3, 0.4) is 0 Å². The SMILES string of the molecule is O=C(O)CCCCCCCCOC(=O)/C=C/c1ccc(OCCCCCO)cc1. The molecule has 6 nitrogen and oxygen atoms in total. The second kappa shape index (κ2) is 16.6. The molecule has 0 spiro atoms. The summed E-state index contributed by atoms with van der Waals surface area (Å²) in [6.07, 6.45) is 11.6. The van der Waals surface area contributed by atoms with Crippen molar-refractivity contribution in [1.29, 1.82) is 0 Å². The summed E-state index contributed by atoms with van der Waals surface area (Å²) < 4.78 is 10.8. The van der Waals surface area contributed by atoms with Crippen molar-refractivity contribution in [3.8, 4) is 5.75 Å². The zero-order valence-electron chi connectivity index (χ0n) is 17.2. The molecule has 0 heterocycles. The molecule has 1 aromatic rings. The predicted octanol–water partition coefficient (Wildman–Crippen LogP) is 4.60. The van der Waals surface area contributed by atoms with E-state index >= 15 is 0 Å². The summed E-state index contributed by atoms with van der Waals surface area (Å²) >= 11 is 0. The Hall–Kier alpha value is -2.34. The van der Waals surface area contributed by atoms with Crippen molar-refractivity contribution in [3.63, 3.8) is 0 Å². The van der Waals surface area contributed by atoms with Gasteiger partial charge in [0.2, 0.25) is 0 Å². The number of aliphatic hydroxyl groups is 1. The van der Waals surface area contributed by atoms with Crippen LogP contribution in [0.1, 0.15) is 69.8 Å². The van der Waals surface area contributed by atoms with Gasteiger partial charge in [0, 0.05) is 19.1 Å². The number of ether oxygens (including phenoxy) is 2. The molecule has 6 heteroatoms. The van der Waals surface area contributed by atoms with Crippen molar-refractivity contribution in [2.45, 2.75) is 64.2 Å². The number of carboxylic acids is 1. The molecule has 162 valence electrons. The molecule has 0 bridgehead atoms. The number of carbonyl (C=O) groups excluding carboxylic acids is 1.